The van der Waals surface area contributed by atoms with Crippen molar-refractivity contribution in [2.24, 2.45) is 0 Å². The van der Waals surface area contributed by atoms with E-state index in [1.54, 1.807) is 0 Å². The van der Waals surface area contributed by atoms with Gasteiger partial charge in [-0.05, 0) is 96.3 Å². The zero-order valence-electron chi connectivity index (χ0n) is 35.2. The summed E-state index contributed by atoms with van der Waals surface area (Å²) in [5, 5.41) is 0. The Morgan fingerprint density at radius 3 is 1.26 bits per heavy atom. The van der Waals surface area contributed by atoms with Crippen LogP contribution in [0.2, 0.25) is 0 Å². The molecule has 0 aliphatic heterocycles. The van der Waals surface area contributed by atoms with Crippen LogP contribution >= 0.6 is 0 Å². The summed E-state index contributed by atoms with van der Waals surface area (Å²) in [6.07, 6.45) is 50.6. The van der Waals surface area contributed by atoms with Crippen LogP contribution in [0.3, 0.4) is 0 Å². The van der Waals surface area contributed by atoms with Crippen LogP contribution in [-0.2, 0) is 28.6 Å². The molecule has 0 aliphatic rings. The summed E-state index contributed by atoms with van der Waals surface area (Å²) in [6, 6.07) is 0. The molecule has 6 heteroatoms. The van der Waals surface area contributed by atoms with Crippen molar-refractivity contribution in [1.82, 2.24) is 0 Å². The molecule has 0 fully saturated rings. The van der Waals surface area contributed by atoms with Gasteiger partial charge in [0, 0.05) is 19.3 Å². The summed E-state index contributed by atoms with van der Waals surface area (Å²) in [4.78, 5) is 37.6. The maximum absolute atomic E-state index is 12.7. The normalized spacial score (nSPS) is 12.6. The van der Waals surface area contributed by atoms with Crippen molar-refractivity contribution < 1.29 is 28.6 Å². The number of hydrogen-bond acceptors (Lipinski definition) is 6. The van der Waals surface area contributed by atoms with Crippen LogP contribution in [0.15, 0.2) is 60.8 Å². The van der Waals surface area contributed by atoms with Crippen LogP contribution in [0, 0.1) is 0 Å². The van der Waals surface area contributed by atoms with E-state index >= 15 is 0 Å². The van der Waals surface area contributed by atoms with Gasteiger partial charge >= 0.3 is 17.9 Å². The maximum atomic E-state index is 12.7. The lowest BCUT2D eigenvalue weighted by atomic mass is 10.1. The van der Waals surface area contributed by atoms with Crippen molar-refractivity contribution in [2.45, 2.75) is 213 Å². The zero-order valence-corrected chi connectivity index (χ0v) is 35.2. The van der Waals surface area contributed by atoms with Gasteiger partial charge < -0.3 is 14.2 Å². The molecule has 54 heavy (non-hydrogen) atoms. The SMILES string of the molecule is CC/C=C\C/C=C\C/C=C\CCCCC(=O)OC(COC(=O)CCCCC/C=C\CCCCCCCC)COC(=O)CCCCCCC/C=C\CCCC. The van der Waals surface area contributed by atoms with Gasteiger partial charge in [-0.2, -0.15) is 0 Å². The smallest absolute Gasteiger partial charge is 0.306 e. The number of ether oxygens (including phenoxy) is 3. The van der Waals surface area contributed by atoms with Gasteiger partial charge in [-0.25, -0.2) is 0 Å². The minimum atomic E-state index is -0.800. The largest absolute Gasteiger partial charge is 0.462 e. The quantitative estimate of drug-likeness (QED) is 0.0269. The van der Waals surface area contributed by atoms with Gasteiger partial charge in [-0.3, -0.25) is 14.4 Å². The Hall–Kier alpha value is -2.89. The van der Waals surface area contributed by atoms with Crippen molar-refractivity contribution in [2.75, 3.05) is 13.2 Å². The van der Waals surface area contributed by atoms with Crippen LogP contribution in [0.5, 0.6) is 0 Å². The van der Waals surface area contributed by atoms with Crippen LogP contribution in [0.25, 0.3) is 0 Å². The van der Waals surface area contributed by atoms with E-state index in [9.17, 15) is 14.4 Å². The Bertz CT molecular complexity index is 1010. The number of carbonyl (C=O) groups excluding carboxylic acids is 3. The van der Waals surface area contributed by atoms with Gasteiger partial charge in [-0.1, -0.05) is 152 Å². The molecule has 0 saturated heterocycles. The molecule has 310 valence electrons. The maximum Gasteiger partial charge on any atom is 0.306 e. The van der Waals surface area contributed by atoms with Gasteiger partial charge in [0.25, 0.3) is 0 Å². The lowest BCUT2D eigenvalue weighted by molar-refractivity contribution is -0.167. The van der Waals surface area contributed by atoms with Crippen molar-refractivity contribution in [1.29, 1.82) is 0 Å². The minimum absolute atomic E-state index is 0.0994. The van der Waals surface area contributed by atoms with E-state index in [0.29, 0.717) is 19.3 Å². The molecule has 6 nitrogen and oxygen atoms in total. The number of hydrogen-bond donors (Lipinski definition) is 0. The molecule has 0 aromatic heterocycles. The molecule has 0 aromatic carbocycles. The Morgan fingerprint density at radius 2 is 0.741 bits per heavy atom. The first-order chi connectivity index (χ1) is 26.5. The van der Waals surface area contributed by atoms with Crippen molar-refractivity contribution >= 4 is 17.9 Å². The highest BCUT2D eigenvalue weighted by atomic mass is 16.6. The molecule has 0 N–H and O–H groups in total. The summed E-state index contributed by atoms with van der Waals surface area (Å²) in [6.45, 7) is 6.40. The third-order valence-corrected chi connectivity index (χ3v) is 9.23. The Morgan fingerprint density at radius 1 is 0.389 bits per heavy atom. The number of unbranched alkanes of at least 4 members (excludes halogenated alkanes) is 18. The number of rotatable bonds is 39. The first-order valence-electron chi connectivity index (χ1n) is 22.3. The summed E-state index contributed by atoms with van der Waals surface area (Å²) >= 11 is 0. The molecule has 0 radical (unpaired) electrons. The molecule has 1 unspecified atom stereocenters. The highest BCUT2D eigenvalue weighted by Gasteiger charge is 2.19. The van der Waals surface area contributed by atoms with Crippen LogP contribution in [0.1, 0.15) is 207 Å². The zero-order chi connectivity index (χ0) is 39.4. The molecule has 0 heterocycles. The predicted molar refractivity (Wildman–Crippen MR) is 228 cm³/mol. The van der Waals surface area contributed by atoms with Gasteiger partial charge in [0.2, 0.25) is 0 Å². The number of esters is 3. The molecule has 0 saturated carbocycles. The van der Waals surface area contributed by atoms with E-state index in [2.05, 4.69) is 81.5 Å². The summed E-state index contributed by atoms with van der Waals surface area (Å²) in [5.74, 6) is -0.971. The predicted octanol–water partition coefficient (Wildman–Crippen LogP) is 14.1. The Labute approximate surface area is 332 Å². The molecule has 0 aliphatic carbocycles. The molecular formula is C48H82O6. The molecule has 0 spiro atoms. The minimum Gasteiger partial charge on any atom is -0.462 e. The van der Waals surface area contributed by atoms with Crippen molar-refractivity contribution in [3.8, 4) is 0 Å². The Balaban J connectivity index is 4.47. The Kier molecular flexibility index (Phi) is 40.6. The van der Waals surface area contributed by atoms with E-state index in [4.69, 9.17) is 14.2 Å². The second-order valence-corrected chi connectivity index (χ2v) is 14.6. The summed E-state index contributed by atoms with van der Waals surface area (Å²) in [7, 11) is 0. The lowest BCUT2D eigenvalue weighted by Crippen LogP contribution is -2.30. The molecular weight excluding hydrogens is 673 g/mol. The monoisotopic (exact) mass is 755 g/mol. The fourth-order valence-corrected chi connectivity index (χ4v) is 5.84. The first-order valence-corrected chi connectivity index (χ1v) is 22.3. The molecule has 0 amide bonds. The highest BCUT2D eigenvalue weighted by Crippen LogP contribution is 2.12. The third-order valence-electron chi connectivity index (χ3n) is 9.23. The average molecular weight is 755 g/mol. The van der Waals surface area contributed by atoms with E-state index < -0.39 is 6.10 Å². The second kappa shape index (κ2) is 42.8. The topological polar surface area (TPSA) is 78.9 Å². The van der Waals surface area contributed by atoms with E-state index in [1.165, 1.54) is 64.2 Å². The second-order valence-electron chi connectivity index (χ2n) is 14.6. The van der Waals surface area contributed by atoms with E-state index in [0.717, 1.165) is 96.3 Å². The van der Waals surface area contributed by atoms with Crippen LogP contribution in [0.4, 0.5) is 0 Å². The first kappa shape index (κ1) is 51.1. The van der Waals surface area contributed by atoms with Gasteiger partial charge in [0.05, 0.1) is 0 Å². The lowest BCUT2D eigenvalue weighted by Gasteiger charge is -2.18. The van der Waals surface area contributed by atoms with Gasteiger partial charge in [0.1, 0.15) is 13.2 Å². The number of allylic oxidation sites excluding steroid dienone is 10. The number of carbonyl (C=O) groups is 3. The fourth-order valence-electron chi connectivity index (χ4n) is 5.84. The van der Waals surface area contributed by atoms with Crippen LogP contribution < -0.4 is 0 Å². The van der Waals surface area contributed by atoms with Crippen molar-refractivity contribution in [3.63, 3.8) is 0 Å². The van der Waals surface area contributed by atoms with Gasteiger partial charge in [-0.15, -0.1) is 0 Å². The standard InChI is InChI=1S/C48H82O6/c1-4-7-10-13-16-19-22-24-27-29-32-35-38-41-47(50)53-44-45(43-52-46(49)40-37-34-31-28-25-21-18-15-12-9-6-3)54-48(51)42-39-36-33-30-26-23-20-17-14-11-8-5-2/h8,11,15,17-18,20,24,26-27,30,45H,4-7,9-10,12-14,16,19,21-23,25,28-29,31-44H2,1-3H3/b11-8-,18-15-,20-17-,27-24-,30-26-. The highest BCUT2D eigenvalue weighted by molar-refractivity contribution is 5.71. The van der Waals surface area contributed by atoms with E-state index in [-0.39, 0.29) is 37.5 Å². The molecule has 0 aromatic rings. The molecule has 0 rings (SSSR count). The molecule has 1 atom stereocenters. The van der Waals surface area contributed by atoms with Gasteiger partial charge in [0.15, 0.2) is 6.10 Å². The summed E-state index contributed by atoms with van der Waals surface area (Å²) < 4.78 is 16.6. The van der Waals surface area contributed by atoms with E-state index in [1.807, 2.05) is 0 Å². The van der Waals surface area contributed by atoms with Crippen molar-refractivity contribution in [3.05, 3.63) is 60.8 Å². The third kappa shape index (κ3) is 40.3. The molecule has 0 bridgehead atoms. The summed E-state index contributed by atoms with van der Waals surface area (Å²) in [5.41, 5.74) is 0. The van der Waals surface area contributed by atoms with Crippen LogP contribution in [-0.4, -0.2) is 37.2 Å². The average Bonchev–Trinajstić information content (AvgIpc) is 3.17. The fraction of sp³-hybridized carbons (Fsp3) is 0.729.